The maximum Gasteiger partial charge on any atom is 0.416 e. The van der Waals surface area contributed by atoms with Crippen LogP contribution in [-0.4, -0.2) is 20.6 Å². The van der Waals surface area contributed by atoms with E-state index in [2.05, 4.69) is 26.3 Å². The number of benzene rings is 2. The van der Waals surface area contributed by atoms with Gasteiger partial charge in [0, 0.05) is 18.3 Å². The highest BCUT2D eigenvalue weighted by atomic mass is 79.9. The van der Waals surface area contributed by atoms with Gasteiger partial charge in [-0.15, -0.1) is 0 Å². The largest absolute Gasteiger partial charge is 0.457 e. The highest BCUT2D eigenvalue weighted by Gasteiger charge is 2.30. The lowest BCUT2D eigenvalue weighted by Gasteiger charge is -2.14. The summed E-state index contributed by atoms with van der Waals surface area (Å²) in [5, 5.41) is 17.8. The number of aromatic nitrogens is 2. The molecule has 0 bridgehead atoms. The zero-order chi connectivity index (χ0) is 22.8. The van der Waals surface area contributed by atoms with Gasteiger partial charge < -0.3 is 10.1 Å². The molecule has 0 aliphatic rings. The quantitative estimate of drug-likeness (QED) is 0.354. The third kappa shape index (κ3) is 5.60. The second kappa shape index (κ2) is 8.76. The SMILES string of the molecule is CC(C(=O)Nc1cc(Oc2cccc(C(F)(F)F)c2)cc([N+](=O)[O-])c1)n1cc(Br)cn1. The van der Waals surface area contributed by atoms with Gasteiger partial charge in [-0.2, -0.15) is 18.3 Å². The van der Waals surface area contributed by atoms with Crippen molar-refractivity contribution < 1.29 is 27.6 Å². The van der Waals surface area contributed by atoms with Crippen molar-refractivity contribution in [1.29, 1.82) is 0 Å². The van der Waals surface area contributed by atoms with Crippen LogP contribution in [0.1, 0.15) is 18.5 Å². The van der Waals surface area contributed by atoms with Crippen molar-refractivity contribution in [2.75, 3.05) is 5.32 Å². The minimum Gasteiger partial charge on any atom is -0.457 e. The number of nitro groups is 1. The van der Waals surface area contributed by atoms with Gasteiger partial charge in [0.15, 0.2) is 0 Å². The van der Waals surface area contributed by atoms with E-state index in [9.17, 15) is 28.1 Å². The Morgan fingerprint density at radius 2 is 2.00 bits per heavy atom. The zero-order valence-electron chi connectivity index (χ0n) is 15.8. The molecule has 3 aromatic rings. The molecular weight excluding hydrogens is 485 g/mol. The molecule has 0 fully saturated rings. The molecule has 1 heterocycles. The number of halogens is 4. The van der Waals surface area contributed by atoms with Gasteiger partial charge in [-0.25, -0.2) is 0 Å². The second-order valence-electron chi connectivity index (χ2n) is 6.40. The lowest BCUT2D eigenvalue weighted by Crippen LogP contribution is -2.24. The molecule has 0 aliphatic heterocycles. The van der Waals surface area contributed by atoms with E-state index in [1.54, 1.807) is 13.1 Å². The molecular formula is C19H14BrF3N4O4. The van der Waals surface area contributed by atoms with Crippen molar-refractivity contribution in [1.82, 2.24) is 9.78 Å². The summed E-state index contributed by atoms with van der Waals surface area (Å²) in [4.78, 5) is 23.1. The van der Waals surface area contributed by atoms with Crippen molar-refractivity contribution in [3.05, 3.63) is 75.0 Å². The Hall–Kier alpha value is -3.41. The van der Waals surface area contributed by atoms with Gasteiger partial charge in [-0.3, -0.25) is 19.6 Å². The summed E-state index contributed by atoms with van der Waals surface area (Å²) in [7, 11) is 0. The zero-order valence-corrected chi connectivity index (χ0v) is 17.3. The van der Waals surface area contributed by atoms with Gasteiger partial charge in [0.2, 0.25) is 5.91 Å². The van der Waals surface area contributed by atoms with Gasteiger partial charge >= 0.3 is 6.18 Å². The van der Waals surface area contributed by atoms with Crippen LogP contribution in [0.3, 0.4) is 0 Å². The number of non-ortho nitro benzene ring substituents is 1. The van der Waals surface area contributed by atoms with Crippen LogP contribution in [0, 0.1) is 10.1 Å². The number of nitro benzene ring substituents is 1. The van der Waals surface area contributed by atoms with Gasteiger partial charge in [-0.1, -0.05) is 6.07 Å². The first kappa shape index (κ1) is 22.3. The Balaban J connectivity index is 1.86. The summed E-state index contributed by atoms with van der Waals surface area (Å²) in [5.74, 6) is -0.790. The van der Waals surface area contributed by atoms with Crippen LogP contribution in [-0.2, 0) is 11.0 Å². The molecule has 0 radical (unpaired) electrons. The number of alkyl halides is 3. The topological polar surface area (TPSA) is 99.3 Å². The highest BCUT2D eigenvalue weighted by molar-refractivity contribution is 9.10. The van der Waals surface area contributed by atoms with Crippen molar-refractivity contribution in [3.8, 4) is 11.5 Å². The van der Waals surface area contributed by atoms with Crippen LogP contribution in [0.4, 0.5) is 24.5 Å². The van der Waals surface area contributed by atoms with E-state index in [-0.39, 0.29) is 17.2 Å². The fourth-order valence-corrected chi connectivity index (χ4v) is 2.89. The predicted octanol–water partition coefficient (Wildman–Crippen LogP) is 5.56. The third-order valence-corrected chi connectivity index (χ3v) is 4.52. The molecule has 12 heteroatoms. The maximum atomic E-state index is 12.9. The number of hydrogen-bond donors (Lipinski definition) is 1. The predicted molar refractivity (Wildman–Crippen MR) is 108 cm³/mol. The lowest BCUT2D eigenvalue weighted by molar-refractivity contribution is -0.384. The minimum atomic E-state index is -4.57. The number of ether oxygens (including phenoxy) is 1. The van der Waals surface area contributed by atoms with E-state index in [1.807, 2.05) is 0 Å². The summed E-state index contributed by atoms with van der Waals surface area (Å²) in [6.07, 6.45) is -1.49. The molecule has 8 nitrogen and oxygen atoms in total. The summed E-state index contributed by atoms with van der Waals surface area (Å²) < 4.78 is 46.1. The molecule has 1 N–H and O–H groups in total. The molecule has 31 heavy (non-hydrogen) atoms. The first-order chi connectivity index (χ1) is 14.5. The number of anilines is 1. The van der Waals surface area contributed by atoms with Crippen LogP contribution < -0.4 is 10.1 Å². The fraction of sp³-hybridized carbons (Fsp3) is 0.158. The number of nitrogens with one attached hydrogen (secondary N) is 1. The standard InChI is InChI=1S/C19H14BrF3N4O4/c1-11(26-10-13(20)9-24-26)18(28)25-14-6-15(27(29)30)8-17(7-14)31-16-4-2-3-12(5-16)19(21,22)23/h2-11H,1H3,(H,25,28). The van der Waals surface area contributed by atoms with Crippen molar-refractivity contribution in [2.24, 2.45) is 0 Å². The van der Waals surface area contributed by atoms with E-state index >= 15 is 0 Å². The molecule has 3 rings (SSSR count). The molecule has 1 amide bonds. The van der Waals surface area contributed by atoms with Crippen LogP contribution >= 0.6 is 15.9 Å². The van der Waals surface area contributed by atoms with Crippen molar-refractivity contribution >= 4 is 33.2 Å². The molecule has 0 spiro atoms. The first-order valence-electron chi connectivity index (χ1n) is 8.68. The Morgan fingerprint density at radius 3 is 2.61 bits per heavy atom. The van der Waals surface area contributed by atoms with Gasteiger partial charge in [-0.05, 0) is 41.1 Å². The average molecular weight is 499 g/mol. The summed E-state index contributed by atoms with van der Waals surface area (Å²) in [5.41, 5.74) is -1.29. The van der Waals surface area contributed by atoms with E-state index in [1.165, 1.54) is 23.0 Å². The van der Waals surface area contributed by atoms with E-state index < -0.39 is 34.3 Å². The Kier molecular flexibility index (Phi) is 6.29. The normalized spacial score (nSPS) is 12.3. The average Bonchev–Trinajstić information content (AvgIpc) is 3.13. The van der Waals surface area contributed by atoms with Crippen LogP contribution in [0.2, 0.25) is 0 Å². The van der Waals surface area contributed by atoms with Crippen molar-refractivity contribution in [3.63, 3.8) is 0 Å². The maximum absolute atomic E-state index is 12.9. The van der Waals surface area contributed by atoms with Crippen LogP contribution in [0.5, 0.6) is 11.5 Å². The smallest absolute Gasteiger partial charge is 0.416 e. The lowest BCUT2D eigenvalue weighted by atomic mass is 10.2. The Labute approximate surface area is 181 Å². The molecule has 162 valence electrons. The van der Waals surface area contributed by atoms with Crippen LogP contribution in [0.15, 0.2) is 59.3 Å². The van der Waals surface area contributed by atoms with E-state index in [0.717, 1.165) is 30.3 Å². The molecule has 1 unspecified atom stereocenters. The Morgan fingerprint density at radius 1 is 1.26 bits per heavy atom. The molecule has 0 aliphatic carbocycles. The number of hydrogen-bond acceptors (Lipinski definition) is 5. The molecule has 2 aromatic carbocycles. The van der Waals surface area contributed by atoms with Crippen LogP contribution in [0.25, 0.3) is 0 Å². The summed E-state index contributed by atoms with van der Waals surface area (Å²) in [6, 6.07) is 6.78. The highest BCUT2D eigenvalue weighted by Crippen LogP contribution is 2.34. The number of carbonyl (C=O) groups is 1. The van der Waals surface area contributed by atoms with Gasteiger partial charge in [0.25, 0.3) is 5.69 Å². The summed E-state index contributed by atoms with van der Waals surface area (Å²) in [6.45, 7) is 1.58. The van der Waals surface area contributed by atoms with Gasteiger partial charge in [0.05, 0.1) is 32.9 Å². The first-order valence-corrected chi connectivity index (χ1v) is 9.47. The third-order valence-electron chi connectivity index (χ3n) is 4.11. The van der Waals surface area contributed by atoms with E-state index in [0.29, 0.717) is 4.47 Å². The van der Waals surface area contributed by atoms with E-state index in [4.69, 9.17) is 4.74 Å². The number of carbonyl (C=O) groups excluding carboxylic acids is 1. The molecule has 0 saturated carbocycles. The Bertz CT molecular complexity index is 1130. The molecule has 0 saturated heterocycles. The minimum absolute atomic E-state index is 0.0410. The van der Waals surface area contributed by atoms with Gasteiger partial charge in [0.1, 0.15) is 17.5 Å². The number of nitrogens with zero attached hydrogens (tertiary/aromatic N) is 3. The molecule has 1 atom stereocenters. The van der Waals surface area contributed by atoms with Crippen molar-refractivity contribution in [2.45, 2.75) is 19.1 Å². The number of rotatable bonds is 6. The fourth-order valence-electron chi connectivity index (χ4n) is 2.59. The molecule has 1 aromatic heterocycles. The summed E-state index contributed by atoms with van der Waals surface area (Å²) >= 11 is 3.22. The second-order valence-corrected chi connectivity index (χ2v) is 7.32. The number of amides is 1. The monoisotopic (exact) mass is 498 g/mol.